The largest absolute Gasteiger partial charge is 0.0941 e. The summed E-state index contributed by atoms with van der Waals surface area (Å²) >= 11 is 0. The molecule has 2 heteroatoms. The first-order valence-electron chi connectivity index (χ1n) is 5.33. The summed E-state index contributed by atoms with van der Waals surface area (Å²) in [5.41, 5.74) is 0. The molecule has 70 valence electrons. The Hall–Kier alpha value is 0.130. The van der Waals surface area contributed by atoms with Crippen LogP contribution in [-0.2, 0) is 0 Å². The monoisotopic (exact) mass is 166 g/mol. The third-order valence-electron chi connectivity index (χ3n) is 2.36. The lowest BCUT2D eigenvalue weighted by Gasteiger charge is -2.26. The van der Waals surface area contributed by atoms with Crippen molar-refractivity contribution in [3.05, 3.63) is 0 Å². The first-order valence-corrected chi connectivity index (χ1v) is 5.33. The van der Waals surface area contributed by atoms with E-state index in [2.05, 4.69) is 41.5 Å². The topological polar surface area (TPSA) is 0 Å². The molecule has 0 aromatic rings. The zero-order valence-corrected chi connectivity index (χ0v) is 9.78. The van der Waals surface area contributed by atoms with E-state index in [0.717, 1.165) is 11.7 Å². The summed E-state index contributed by atoms with van der Waals surface area (Å²) < 4.78 is 0. The van der Waals surface area contributed by atoms with Crippen LogP contribution in [0.1, 0.15) is 48.0 Å². The van der Waals surface area contributed by atoms with Crippen LogP contribution in [0.4, 0.5) is 0 Å². The number of hydrogen-bond acceptors (Lipinski definition) is 0. The van der Waals surface area contributed by atoms with E-state index < -0.39 is 0 Å². The highest BCUT2D eigenvalue weighted by molar-refractivity contribution is 7.02. The van der Waals surface area contributed by atoms with Crippen molar-refractivity contribution in [1.82, 2.24) is 0 Å². The maximum atomic E-state index is 2.40. The average Bonchev–Trinajstić information content (AvgIpc) is 1.81. The first kappa shape index (κ1) is 12.1. The molecule has 0 nitrogen and oxygen atoms in total. The standard InChI is InChI=1S/C10H24B2/c1-8(2)7-10(5,6)12-11-9(3)4/h8-9,11-12H,7H2,1-6H3. The zero-order valence-electron chi connectivity index (χ0n) is 9.78. The normalized spacial score (nSPS) is 12.3. The van der Waals surface area contributed by atoms with Gasteiger partial charge in [-0.15, -0.1) is 0 Å². The van der Waals surface area contributed by atoms with Crippen LogP contribution in [0.3, 0.4) is 0 Å². The molecule has 0 bridgehead atoms. The van der Waals surface area contributed by atoms with Gasteiger partial charge in [-0.2, -0.15) is 0 Å². The van der Waals surface area contributed by atoms with E-state index >= 15 is 0 Å². The maximum Gasteiger partial charge on any atom is 0.0941 e. The summed E-state index contributed by atoms with van der Waals surface area (Å²) in [6.07, 6.45) is 1.36. The second-order valence-corrected chi connectivity index (χ2v) is 5.69. The third kappa shape index (κ3) is 6.82. The van der Waals surface area contributed by atoms with Crippen LogP contribution in [0, 0.1) is 5.92 Å². The summed E-state index contributed by atoms with van der Waals surface area (Å²) in [5.74, 6) is 1.70. The molecule has 0 atom stereocenters. The number of hydrogen-bond donors (Lipinski definition) is 0. The Labute approximate surface area is 80.0 Å². The number of rotatable bonds is 5. The molecule has 0 amide bonds. The van der Waals surface area contributed by atoms with Crippen molar-refractivity contribution < 1.29 is 0 Å². The zero-order chi connectivity index (χ0) is 9.78. The molecule has 0 aromatic carbocycles. The van der Waals surface area contributed by atoms with E-state index in [4.69, 9.17) is 0 Å². The highest BCUT2D eigenvalue weighted by Crippen LogP contribution is 2.31. The lowest BCUT2D eigenvalue weighted by atomic mass is 9.25. The van der Waals surface area contributed by atoms with Gasteiger partial charge in [0, 0.05) is 0 Å². The van der Waals surface area contributed by atoms with Crippen molar-refractivity contribution >= 4 is 14.3 Å². The van der Waals surface area contributed by atoms with Gasteiger partial charge in [-0.25, -0.2) is 0 Å². The fourth-order valence-corrected chi connectivity index (χ4v) is 1.89. The quantitative estimate of drug-likeness (QED) is 0.550. The van der Waals surface area contributed by atoms with Gasteiger partial charge in [0.15, 0.2) is 0 Å². The molecule has 0 aliphatic carbocycles. The van der Waals surface area contributed by atoms with Gasteiger partial charge in [0.25, 0.3) is 0 Å². The lowest BCUT2D eigenvalue weighted by Crippen LogP contribution is -2.22. The lowest BCUT2D eigenvalue weighted by molar-refractivity contribution is 0.484. The van der Waals surface area contributed by atoms with Gasteiger partial charge in [0.05, 0.1) is 14.3 Å². The molecule has 0 aliphatic rings. The van der Waals surface area contributed by atoms with E-state index in [1.54, 1.807) is 0 Å². The van der Waals surface area contributed by atoms with Gasteiger partial charge >= 0.3 is 0 Å². The predicted octanol–water partition coefficient (Wildman–Crippen LogP) is 2.85. The molecule has 0 aliphatic heterocycles. The molecule has 0 aromatic heterocycles. The van der Waals surface area contributed by atoms with Crippen molar-refractivity contribution in [2.45, 2.75) is 59.1 Å². The van der Waals surface area contributed by atoms with Crippen molar-refractivity contribution in [3.63, 3.8) is 0 Å². The molecule has 0 saturated heterocycles. The van der Waals surface area contributed by atoms with E-state index in [9.17, 15) is 0 Å². The molecule has 0 radical (unpaired) electrons. The summed E-state index contributed by atoms with van der Waals surface area (Å²) in [4.78, 5) is 0. The van der Waals surface area contributed by atoms with Crippen molar-refractivity contribution in [2.75, 3.05) is 0 Å². The van der Waals surface area contributed by atoms with Crippen LogP contribution in [0.5, 0.6) is 0 Å². The van der Waals surface area contributed by atoms with Crippen LogP contribution < -0.4 is 0 Å². The summed E-state index contributed by atoms with van der Waals surface area (Å²) in [6, 6.07) is 0. The Bertz CT molecular complexity index is 117. The Morgan fingerprint density at radius 2 is 1.58 bits per heavy atom. The fourth-order valence-electron chi connectivity index (χ4n) is 1.89. The Balaban J connectivity index is 3.71. The molecule has 0 unspecified atom stereocenters. The smallest absolute Gasteiger partial charge is 0.0788 e. The highest BCUT2D eigenvalue weighted by atomic mass is 14.1. The minimum absolute atomic E-state index is 0.554. The van der Waals surface area contributed by atoms with Crippen LogP contribution in [0.2, 0.25) is 11.1 Å². The fraction of sp³-hybridized carbons (Fsp3) is 1.00. The molecule has 0 saturated carbocycles. The van der Waals surface area contributed by atoms with Gasteiger partial charge in [0.1, 0.15) is 0 Å². The van der Waals surface area contributed by atoms with Crippen LogP contribution in [0.15, 0.2) is 0 Å². The van der Waals surface area contributed by atoms with Crippen LogP contribution in [0.25, 0.3) is 0 Å². The Kier molecular flexibility index (Phi) is 5.04. The average molecular weight is 166 g/mol. The Morgan fingerprint density at radius 3 is 1.92 bits per heavy atom. The van der Waals surface area contributed by atoms with Gasteiger partial charge < -0.3 is 0 Å². The minimum Gasteiger partial charge on any atom is -0.0788 e. The van der Waals surface area contributed by atoms with Crippen LogP contribution >= 0.6 is 0 Å². The van der Waals surface area contributed by atoms with E-state index in [0.29, 0.717) is 5.31 Å². The van der Waals surface area contributed by atoms with Gasteiger partial charge in [-0.1, -0.05) is 59.1 Å². The second kappa shape index (κ2) is 4.99. The molecular formula is C10H24B2. The second-order valence-electron chi connectivity index (χ2n) is 5.69. The maximum absolute atomic E-state index is 2.40. The predicted molar refractivity (Wildman–Crippen MR) is 62.9 cm³/mol. The third-order valence-corrected chi connectivity index (χ3v) is 2.36. The minimum atomic E-state index is 0.554. The first-order chi connectivity index (χ1) is 5.33. The van der Waals surface area contributed by atoms with Crippen molar-refractivity contribution in [2.24, 2.45) is 5.92 Å². The summed E-state index contributed by atoms with van der Waals surface area (Å²) in [5, 5.41) is 0.554. The Morgan fingerprint density at radius 1 is 1.08 bits per heavy atom. The molecule has 0 N–H and O–H groups in total. The van der Waals surface area contributed by atoms with E-state index in [1.807, 2.05) is 0 Å². The van der Waals surface area contributed by atoms with Gasteiger partial charge in [0.2, 0.25) is 0 Å². The summed E-state index contributed by atoms with van der Waals surface area (Å²) in [7, 11) is 2.75. The molecule has 12 heavy (non-hydrogen) atoms. The molecule has 0 spiro atoms. The highest BCUT2D eigenvalue weighted by Gasteiger charge is 2.20. The van der Waals surface area contributed by atoms with E-state index in [1.165, 1.54) is 20.8 Å². The van der Waals surface area contributed by atoms with Gasteiger partial charge in [-0.3, -0.25) is 0 Å². The van der Waals surface area contributed by atoms with Crippen molar-refractivity contribution in [1.29, 1.82) is 0 Å². The molecule has 0 heterocycles. The SMILES string of the molecule is CC(C)BBC(C)(C)CC(C)C. The molecule has 0 rings (SSSR count). The van der Waals surface area contributed by atoms with Crippen LogP contribution in [-0.4, -0.2) is 14.3 Å². The summed E-state index contributed by atoms with van der Waals surface area (Å²) in [6.45, 7) is 14.1. The molecular weight excluding hydrogens is 142 g/mol. The molecule has 0 fully saturated rings. The van der Waals surface area contributed by atoms with E-state index in [-0.39, 0.29) is 0 Å². The van der Waals surface area contributed by atoms with Gasteiger partial charge in [-0.05, 0) is 5.92 Å². The van der Waals surface area contributed by atoms with Crippen molar-refractivity contribution in [3.8, 4) is 0 Å².